The molecule has 4 heterocycles. The van der Waals surface area contributed by atoms with Gasteiger partial charge in [-0.15, -0.1) is 11.3 Å². The van der Waals surface area contributed by atoms with Crippen LogP contribution in [0.5, 0.6) is 0 Å². The fourth-order valence-electron chi connectivity index (χ4n) is 6.46. The normalized spacial score (nSPS) is 24.5. The van der Waals surface area contributed by atoms with Gasteiger partial charge in [0.25, 0.3) is 0 Å². The topological polar surface area (TPSA) is 53.6 Å². The summed E-state index contributed by atoms with van der Waals surface area (Å²) in [5.74, 6) is 6.05. The highest BCUT2D eigenvalue weighted by Crippen LogP contribution is 2.40. The minimum Gasteiger partial charge on any atom is -0.381 e. The van der Waals surface area contributed by atoms with Gasteiger partial charge >= 0.3 is 6.18 Å². The Morgan fingerprint density at radius 2 is 1.74 bits per heavy atom. The van der Waals surface area contributed by atoms with Crippen molar-refractivity contribution in [3.8, 4) is 11.8 Å². The molecule has 0 amide bonds. The zero-order valence-corrected chi connectivity index (χ0v) is 25.7. The van der Waals surface area contributed by atoms with Crippen molar-refractivity contribution in [1.29, 1.82) is 0 Å². The van der Waals surface area contributed by atoms with Gasteiger partial charge in [0.15, 0.2) is 0 Å². The van der Waals surface area contributed by atoms with E-state index in [-0.39, 0.29) is 12.1 Å². The van der Waals surface area contributed by atoms with Crippen molar-refractivity contribution in [2.24, 2.45) is 0 Å². The fraction of sp³-hybridized carbons (Fsp3) is 0.500. The van der Waals surface area contributed by atoms with Crippen LogP contribution in [-0.2, 0) is 15.7 Å². The average Bonchev–Trinajstić information content (AvgIpc) is 3.27. The zero-order chi connectivity index (χ0) is 29.5. The van der Waals surface area contributed by atoms with E-state index in [1.54, 1.807) is 19.4 Å². The Kier molecular flexibility index (Phi) is 8.36. The molecule has 1 aromatic heterocycles. The summed E-state index contributed by atoms with van der Waals surface area (Å²) in [6.45, 7) is 5.83. The van der Waals surface area contributed by atoms with Crippen molar-refractivity contribution in [2.75, 3.05) is 43.6 Å². The monoisotopic (exact) mass is 615 g/mol. The van der Waals surface area contributed by atoms with E-state index in [2.05, 4.69) is 27.4 Å². The first-order chi connectivity index (χ1) is 20.0. The van der Waals surface area contributed by atoms with Gasteiger partial charge in [-0.1, -0.05) is 24.0 Å². The van der Waals surface area contributed by atoms with Crippen LogP contribution >= 0.6 is 18.5 Å². The summed E-state index contributed by atoms with van der Waals surface area (Å²) in [6.07, 6.45) is 1.04. The maximum Gasteiger partial charge on any atom is 0.393 e. The number of hydrogen-bond acceptors (Lipinski definition) is 6. The molecule has 3 aliphatic heterocycles. The van der Waals surface area contributed by atoms with E-state index in [9.17, 15) is 17.7 Å². The van der Waals surface area contributed by atoms with Gasteiger partial charge in [0.2, 0.25) is 0 Å². The molecular formula is C32H37F3N3O2PS. The van der Waals surface area contributed by atoms with Crippen LogP contribution in [0.1, 0.15) is 42.5 Å². The summed E-state index contributed by atoms with van der Waals surface area (Å²) in [5, 5.41) is 8.29. The Hall–Kier alpha value is -2.50. The molecule has 2 bridgehead atoms. The van der Waals surface area contributed by atoms with Crippen LogP contribution in [0.25, 0.3) is 10.1 Å². The molecule has 1 aliphatic carbocycles. The minimum atomic E-state index is -4.33. The molecule has 2 N–H and O–H groups in total. The van der Waals surface area contributed by atoms with Gasteiger partial charge in [-0.3, -0.25) is 4.90 Å². The van der Waals surface area contributed by atoms with E-state index in [1.165, 1.54) is 17.8 Å². The van der Waals surface area contributed by atoms with Crippen LogP contribution in [0.2, 0.25) is 0 Å². The number of nitrogens with one attached hydrogen (secondary N) is 2. The zero-order valence-electron chi connectivity index (χ0n) is 24.0. The number of morpholine rings is 1. The summed E-state index contributed by atoms with van der Waals surface area (Å²) in [4.78, 5) is 3.06. The third kappa shape index (κ3) is 6.83. The summed E-state index contributed by atoms with van der Waals surface area (Å²) in [5.41, 5.74) is 1.96. The predicted octanol–water partition coefficient (Wildman–Crippen LogP) is 6.91. The van der Waals surface area contributed by atoms with Gasteiger partial charge in [0.05, 0.1) is 40.4 Å². The van der Waals surface area contributed by atoms with Crippen LogP contribution in [0.3, 0.4) is 0 Å². The van der Waals surface area contributed by atoms with Crippen LogP contribution in [-0.4, -0.2) is 68.3 Å². The second-order valence-corrected chi connectivity index (χ2v) is 16.4. The highest BCUT2D eigenvalue weighted by Gasteiger charge is 2.41. The number of hydrogen-bond donors (Lipinski definition) is 2. The van der Waals surface area contributed by atoms with Gasteiger partial charge in [-0.05, 0) is 80.3 Å². The van der Waals surface area contributed by atoms with E-state index in [4.69, 9.17) is 4.74 Å². The van der Waals surface area contributed by atoms with E-state index in [0.29, 0.717) is 34.6 Å². The Bertz CT molecular complexity index is 1510. The van der Waals surface area contributed by atoms with Gasteiger partial charge in [-0.25, -0.2) is 0 Å². The lowest BCUT2D eigenvalue weighted by atomic mass is 9.87. The number of anilines is 2. The second-order valence-electron chi connectivity index (χ2n) is 12.2. The summed E-state index contributed by atoms with van der Waals surface area (Å²) in [6, 6.07) is 13.9. The van der Waals surface area contributed by atoms with Gasteiger partial charge in [0, 0.05) is 42.6 Å². The smallest absolute Gasteiger partial charge is 0.381 e. The van der Waals surface area contributed by atoms with Crippen molar-refractivity contribution in [3.05, 3.63) is 52.9 Å². The summed E-state index contributed by atoms with van der Waals surface area (Å²) < 4.78 is 59.8. The van der Waals surface area contributed by atoms with Crippen LogP contribution < -0.4 is 15.9 Å². The molecule has 10 heteroatoms. The van der Waals surface area contributed by atoms with Gasteiger partial charge in [-0.2, -0.15) is 13.2 Å². The molecule has 7 rings (SSSR count). The highest BCUT2D eigenvalue weighted by atomic mass is 32.1. The molecule has 224 valence electrons. The molecule has 2 atom stereocenters. The molecule has 2 unspecified atom stereocenters. The molecular weight excluding hydrogens is 578 g/mol. The lowest BCUT2D eigenvalue weighted by molar-refractivity contribution is -0.189. The first-order valence-corrected chi connectivity index (χ1v) is 18.1. The Morgan fingerprint density at radius 3 is 2.38 bits per heavy atom. The molecule has 1 saturated carbocycles. The SMILES string of the molecule is CP(C)(=O)c1ccc(NCC#Cc2sc3c(NC4CCC(N5CC6CC(C5)O6)CC4)cccc3c2CC(F)(F)F)cc1. The van der Waals surface area contributed by atoms with Crippen molar-refractivity contribution < 1.29 is 22.5 Å². The van der Waals surface area contributed by atoms with Crippen LogP contribution in [0.15, 0.2) is 42.5 Å². The van der Waals surface area contributed by atoms with Gasteiger partial charge in [0.1, 0.15) is 7.14 Å². The number of nitrogens with zero attached hydrogens (tertiary/aromatic N) is 1. The number of ether oxygens (including phenoxy) is 1. The molecule has 3 saturated heterocycles. The lowest BCUT2D eigenvalue weighted by Crippen LogP contribution is -2.60. The van der Waals surface area contributed by atoms with Crippen molar-refractivity contribution >= 4 is 45.2 Å². The summed E-state index contributed by atoms with van der Waals surface area (Å²) >= 11 is 1.34. The minimum absolute atomic E-state index is 0.249. The van der Waals surface area contributed by atoms with Crippen molar-refractivity contribution in [3.63, 3.8) is 0 Å². The second kappa shape index (κ2) is 11.9. The fourth-order valence-corrected chi connectivity index (χ4v) is 8.50. The van der Waals surface area contributed by atoms with Crippen LogP contribution in [0.4, 0.5) is 24.5 Å². The molecule has 4 fully saturated rings. The molecule has 0 spiro atoms. The number of rotatable bonds is 7. The van der Waals surface area contributed by atoms with Crippen molar-refractivity contribution in [2.45, 2.75) is 69.0 Å². The van der Waals surface area contributed by atoms with E-state index in [1.807, 2.05) is 36.4 Å². The first kappa shape index (κ1) is 29.6. The number of halogens is 3. The van der Waals surface area contributed by atoms with Crippen LogP contribution in [0, 0.1) is 11.8 Å². The van der Waals surface area contributed by atoms with Crippen molar-refractivity contribution in [1.82, 2.24) is 4.90 Å². The maximum absolute atomic E-state index is 13.6. The van der Waals surface area contributed by atoms with E-state index in [0.717, 1.165) is 60.2 Å². The third-order valence-electron chi connectivity index (χ3n) is 8.63. The van der Waals surface area contributed by atoms with E-state index < -0.39 is 19.7 Å². The number of fused-ring (bicyclic) bond motifs is 3. The first-order valence-electron chi connectivity index (χ1n) is 14.7. The third-order valence-corrected chi connectivity index (χ3v) is 11.4. The lowest BCUT2D eigenvalue weighted by Gasteiger charge is -2.50. The number of piperidine rings is 1. The molecule has 42 heavy (non-hydrogen) atoms. The van der Waals surface area contributed by atoms with E-state index >= 15 is 0 Å². The Labute approximate surface area is 249 Å². The molecule has 0 radical (unpaired) electrons. The molecule has 5 nitrogen and oxygen atoms in total. The Morgan fingerprint density at radius 1 is 1.05 bits per heavy atom. The predicted molar refractivity (Wildman–Crippen MR) is 167 cm³/mol. The Balaban J connectivity index is 1.15. The summed E-state index contributed by atoms with van der Waals surface area (Å²) in [7, 11) is -2.33. The van der Waals surface area contributed by atoms with Gasteiger partial charge < -0.3 is 19.9 Å². The standard InChI is InChI=1S/C32H37F3N3O2PS/c1-41(2,39)26-14-10-21(11-15-26)36-16-4-7-30-28(18-32(33,34)35)27-5-3-6-29(31(27)42-30)37-22-8-12-23(13-9-22)38-19-24-17-25(20-38)40-24/h3,5-6,10-11,14-15,22-25,36-37H,8-9,12-13,16-20H2,1-2H3. The number of thiophene rings is 1. The highest BCUT2D eigenvalue weighted by molar-refractivity contribution is 7.70. The maximum atomic E-state index is 13.6. The number of benzene rings is 2. The molecule has 3 aromatic rings. The average molecular weight is 616 g/mol. The number of alkyl halides is 3. The quantitative estimate of drug-likeness (QED) is 0.224. The molecule has 4 aliphatic rings. The molecule has 2 aromatic carbocycles. The largest absolute Gasteiger partial charge is 0.393 e.